The van der Waals surface area contributed by atoms with Crippen LogP contribution in [-0.2, 0) is 13.5 Å². The quantitative estimate of drug-likeness (QED) is 0.687. The number of hydrogen-bond acceptors (Lipinski definition) is 2. The minimum atomic E-state index is 0.378. The predicted molar refractivity (Wildman–Crippen MR) is 54.6 cm³/mol. The fourth-order valence-corrected chi connectivity index (χ4v) is 1.11. The molecule has 1 unspecified atom stereocenters. The van der Waals surface area contributed by atoms with Crippen molar-refractivity contribution in [2.24, 2.45) is 7.05 Å². The molecule has 3 heteroatoms. The van der Waals surface area contributed by atoms with E-state index < -0.39 is 0 Å². The molecular weight excluding hydrogens is 162 g/mol. The molecule has 0 bridgehead atoms. The third-order valence-electron chi connectivity index (χ3n) is 1.97. The zero-order chi connectivity index (χ0) is 9.68. The lowest BCUT2D eigenvalue weighted by Crippen LogP contribution is -2.26. The maximum Gasteiger partial charge on any atom is 0.0637 e. The molecule has 1 atom stereocenters. The number of hydrogen-bond donors (Lipinski definition) is 1. The highest BCUT2D eigenvalue weighted by Crippen LogP contribution is 1.94. The van der Waals surface area contributed by atoms with E-state index in [-0.39, 0.29) is 0 Å². The second-order valence-corrected chi connectivity index (χ2v) is 3.21. The molecule has 0 aromatic carbocycles. The first-order chi connectivity index (χ1) is 6.22. The first-order valence-electron chi connectivity index (χ1n) is 4.57. The molecule has 0 aliphatic carbocycles. The highest BCUT2D eigenvalue weighted by molar-refractivity contribution is 4.99. The third-order valence-corrected chi connectivity index (χ3v) is 1.97. The molecule has 3 nitrogen and oxygen atoms in total. The van der Waals surface area contributed by atoms with Gasteiger partial charge >= 0.3 is 0 Å². The fraction of sp³-hybridized carbons (Fsp3) is 0.500. The molecule has 0 saturated heterocycles. The van der Waals surface area contributed by atoms with Gasteiger partial charge in [0.2, 0.25) is 0 Å². The first kappa shape index (κ1) is 9.99. The maximum atomic E-state index is 4.28. The van der Waals surface area contributed by atoms with Crippen LogP contribution in [0.4, 0.5) is 0 Å². The minimum Gasteiger partial charge on any atom is -0.310 e. The van der Waals surface area contributed by atoms with Crippen molar-refractivity contribution in [1.29, 1.82) is 0 Å². The zero-order valence-electron chi connectivity index (χ0n) is 8.33. The Morgan fingerprint density at radius 2 is 2.54 bits per heavy atom. The highest BCUT2D eigenvalue weighted by Gasteiger charge is 1.97. The number of rotatable bonds is 5. The molecule has 13 heavy (non-hydrogen) atoms. The summed E-state index contributed by atoms with van der Waals surface area (Å²) in [6.45, 7) is 6.75. The van der Waals surface area contributed by atoms with E-state index >= 15 is 0 Å². The number of aryl methyl sites for hydroxylation is 1. The van der Waals surface area contributed by atoms with Crippen LogP contribution in [0.3, 0.4) is 0 Å². The molecule has 0 aliphatic heterocycles. The van der Waals surface area contributed by atoms with Crippen molar-refractivity contribution in [3.63, 3.8) is 0 Å². The summed E-state index contributed by atoms with van der Waals surface area (Å²) in [7, 11) is 1.93. The van der Waals surface area contributed by atoms with Gasteiger partial charge in [0.25, 0.3) is 0 Å². The van der Waals surface area contributed by atoms with Crippen molar-refractivity contribution in [3.05, 3.63) is 30.6 Å². The van der Waals surface area contributed by atoms with Crippen LogP contribution in [0, 0.1) is 0 Å². The Labute approximate surface area is 79.5 Å². The van der Waals surface area contributed by atoms with Crippen molar-refractivity contribution < 1.29 is 0 Å². The Morgan fingerprint density at radius 1 is 1.77 bits per heavy atom. The minimum absolute atomic E-state index is 0.378. The maximum absolute atomic E-state index is 4.28. The van der Waals surface area contributed by atoms with Crippen LogP contribution in [0.1, 0.15) is 12.6 Å². The molecule has 0 aliphatic rings. The Hall–Kier alpha value is -1.09. The monoisotopic (exact) mass is 179 g/mol. The molecule has 1 N–H and O–H groups in total. The van der Waals surface area contributed by atoms with Crippen LogP contribution in [0.5, 0.6) is 0 Å². The summed E-state index contributed by atoms with van der Waals surface area (Å²) >= 11 is 0. The lowest BCUT2D eigenvalue weighted by atomic mass is 10.3. The van der Waals surface area contributed by atoms with E-state index in [0.29, 0.717) is 6.04 Å². The van der Waals surface area contributed by atoms with Gasteiger partial charge in [-0.25, -0.2) is 0 Å². The van der Waals surface area contributed by atoms with Crippen LogP contribution in [0.25, 0.3) is 0 Å². The largest absolute Gasteiger partial charge is 0.310 e. The SMILES string of the molecule is C=CC(C)NCCc1ccn(C)n1. The van der Waals surface area contributed by atoms with Crippen molar-refractivity contribution in [2.75, 3.05) is 6.54 Å². The van der Waals surface area contributed by atoms with Crippen LogP contribution in [0.15, 0.2) is 24.9 Å². The van der Waals surface area contributed by atoms with Gasteiger partial charge in [-0.1, -0.05) is 6.08 Å². The van der Waals surface area contributed by atoms with Crippen molar-refractivity contribution in [1.82, 2.24) is 15.1 Å². The van der Waals surface area contributed by atoms with Gasteiger partial charge in [-0.15, -0.1) is 6.58 Å². The van der Waals surface area contributed by atoms with Gasteiger partial charge in [-0.2, -0.15) is 5.10 Å². The Morgan fingerprint density at radius 3 is 3.08 bits per heavy atom. The summed E-state index contributed by atoms with van der Waals surface area (Å²) in [6.07, 6.45) is 4.84. The third kappa shape index (κ3) is 3.42. The summed E-state index contributed by atoms with van der Waals surface area (Å²) in [5, 5.41) is 7.61. The standard InChI is InChI=1S/C10H17N3/c1-4-9(2)11-7-5-10-6-8-13(3)12-10/h4,6,8-9,11H,1,5,7H2,2-3H3. The van der Waals surface area contributed by atoms with Gasteiger partial charge < -0.3 is 5.32 Å². The van der Waals surface area contributed by atoms with E-state index in [1.54, 1.807) is 0 Å². The molecule has 72 valence electrons. The second-order valence-electron chi connectivity index (χ2n) is 3.21. The molecule has 1 rings (SSSR count). The molecule has 0 radical (unpaired) electrons. The van der Waals surface area contributed by atoms with Gasteiger partial charge in [0.05, 0.1) is 5.69 Å². The highest BCUT2D eigenvalue weighted by atomic mass is 15.2. The number of nitrogens with one attached hydrogen (secondary N) is 1. The predicted octanol–water partition coefficient (Wildman–Crippen LogP) is 1.13. The normalized spacial score (nSPS) is 12.8. The molecule has 1 heterocycles. The number of aromatic nitrogens is 2. The van der Waals surface area contributed by atoms with E-state index in [2.05, 4.69) is 23.9 Å². The Balaban J connectivity index is 2.23. The topological polar surface area (TPSA) is 29.9 Å². The van der Waals surface area contributed by atoms with Crippen LogP contribution < -0.4 is 5.32 Å². The molecule has 1 aromatic rings. The molecule has 1 aromatic heterocycles. The van der Waals surface area contributed by atoms with Gasteiger partial charge in [0, 0.05) is 32.3 Å². The molecule has 0 saturated carbocycles. The van der Waals surface area contributed by atoms with Crippen LogP contribution in [-0.4, -0.2) is 22.4 Å². The Kier molecular flexibility index (Phi) is 3.71. The van der Waals surface area contributed by atoms with Gasteiger partial charge in [0.15, 0.2) is 0 Å². The van der Waals surface area contributed by atoms with Crippen LogP contribution >= 0.6 is 0 Å². The van der Waals surface area contributed by atoms with Gasteiger partial charge in [-0.05, 0) is 13.0 Å². The van der Waals surface area contributed by atoms with E-state index in [9.17, 15) is 0 Å². The molecular formula is C10H17N3. The summed E-state index contributed by atoms with van der Waals surface area (Å²) in [6, 6.07) is 2.42. The second kappa shape index (κ2) is 4.82. The van der Waals surface area contributed by atoms with E-state index in [0.717, 1.165) is 18.7 Å². The van der Waals surface area contributed by atoms with Gasteiger partial charge in [0.1, 0.15) is 0 Å². The molecule has 0 fully saturated rings. The summed E-state index contributed by atoms with van der Waals surface area (Å²) in [4.78, 5) is 0. The van der Waals surface area contributed by atoms with Crippen molar-refractivity contribution in [3.8, 4) is 0 Å². The fourth-order valence-electron chi connectivity index (χ4n) is 1.11. The van der Waals surface area contributed by atoms with Crippen molar-refractivity contribution >= 4 is 0 Å². The average Bonchev–Trinajstić information content (AvgIpc) is 2.51. The molecule has 0 spiro atoms. The lowest BCUT2D eigenvalue weighted by molar-refractivity contribution is 0.622. The molecule has 0 amide bonds. The Bertz CT molecular complexity index is 265. The lowest BCUT2D eigenvalue weighted by Gasteiger charge is -2.06. The van der Waals surface area contributed by atoms with Gasteiger partial charge in [-0.3, -0.25) is 4.68 Å². The first-order valence-corrected chi connectivity index (χ1v) is 4.57. The van der Waals surface area contributed by atoms with E-state index in [1.807, 2.05) is 30.1 Å². The summed E-state index contributed by atoms with van der Waals surface area (Å²) in [5.74, 6) is 0. The average molecular weight is 179 g/mol. The number of nitrogens with zero attached hydrogens (tertiary/aromatic N) is 2. The van der Waals surface area contributed by atoms with E-state index in [1.165, 1.54) is 0 Å². The smallest absolute Gasteiger partial charge is 0.0637 e. The zero-order valence-corrected chi connectivity index (χ0v) is 8.33. The van der Waals surface area contributed by atoms with Crippen molar-refractivity contribution in [2.45, 2.75) is 19.4 Å². The summed E-state index contributed by atoms with van der Waals surface area (Å²) in [5.41, 5.74) is 1.13. The summed E-state index contributed by atoms with van der Waals surface area (Å²) < 4.78 is 1.83. The van der Waals surface area contributed by atoms with Crippen LogP contribution in [0.2, 0.25) is 0 Å². The van der Waals surface area contributed by atoms with E-state index in [4.69, 9.17) is 0 Å².